The Labute approximate surface area is 467 Å². The van der Waals surface area contributed by atoms with Gasteiger partial charge in [0, 0.05) is 107 Å². The van der Waals surface area contributed by atoms with Crippen LogP contribution in [0, 0.1) is 25.2 Å². The zero-order valence-corrected chi connectivity index (χ0v) is 48.0. The number of nitrogens with one attached hydrogen (secondary N) is 1. The van der Waals surface area contributed by atoms with Crippen LogP contribution in [-0.2, 0) is 40.3 Å². The van der Waals surface area contributed by atoms with Gasteiger partial charge < -0.3 is 20.2 Å². The number of benzene rings is 3. The minimum Gasteiger partial charge on any atom is -0.391 e. The van der Waals surface area contributed by atoms with Crippen molar-refractivity contribution in [3.05, 3.63) is 154 Å². The number of β-amino-alcohol motifs (C(OH)–C–C–N with tert-alkyl or cyclic N) is 1. The Morgan fingerprint density at radius 1 is 0.795 bits per heavy atom. The van der Waals surface area contributed by atoms with Crippen LogP contribution >= 0.6 is 11.3 Å². The first-order valence-corrected chi connectivity index (χ1v) is 29.2. The molecule has 0 saturated carbocycles. The molecule has 13 nitrogen and oxygen atoms in total. The Bertz CT molecular complexity index is 2880. The molecular formula is C64H82N8O5S. The summed E-state index contributed by atoms with van der Waals surface area (Å²) in [4.78, 5) is 77.2. The van der Waals surface area contributed by atoms with Gasteiger partial charge in [-0.05, 0) is 83.7 Å². The summed E-state index contributed by atoms with van der Waals surface area (Å²) >= 11 is 1.62. The molecule has 0 bridgehead atoms. The number of rotatable bonds is 22. The average molecular weight is 1080 g/mol. The van der Waals surface area contributed by atoms with Crippen LogP contribution in [0.25, 0.3) is 21.7 Å². The highest BCUT2D eigenvalue weighted by molar-refractivity contribution is 7.13. The van der Waals surface area contributed by atoms with Gasteiger partial charge in [0.1, 0.15) is 11.9 Å². The third-order valence-corrected chi connectivity index (χ3v) is 16.2. The van der Waals surface area contributed by atoms with E-state index in [0.29, 0.717) is 25.8 Å². The molecule has 3 aromatic heterocycles. The number of likely N-dealkylation sites (tertiary alicyclic amines) is 1. The molecule has 0 radical (unpaired) electrons. The van der Waals surface area contributed by atoms with Gasteiger partial charge in [-0.2, -0.15) is 0 Å². The Balaban J connectivity index is 0.000000229. The van der Waals surface area contributed by atoms with Crippen LogP contribution in [0.5, 0.6) is 0 Å². The predicted octanol–water partition coefficient (Wildman–Crippen LogP) is 11.4. The molecule has 3 amide bonds. The van der Waals surface area contributed by atoms with Crippen molar-refractivity contribution >= 4 is 34.8 Å². The summed E-state index contributed by atoms with van der Waals surface area (Å²) in [6.07, 6.45) is 15.1. The zero-order valence-electron chi connectivity index (χ0n) is 47.2. The minimum atomic E-state index is -0.670. The third kappa shape index (κ3) is 17.0. The van der Waals surface area contributed by atoms with Crippen LogP contribution in [0.3, 0.4) is 0 Å². The normalized spacial score (nSPS) is 16.1. The van der Waals surface area contributed by atoms with Crippen molar-refractivity contribution in [2.75, 3.05) is 32.7 Å². The highest BCUT2D eigenvalue weighted by Gasteiger charge is 2.43. The third-order valence-electron chi connectivity index (χ3n) is 15.2. The molecule has 2 N–H and O–H groups in total. The van der Waals surface area contributed by atoms with Gasteiger partial charge in [0.2, 0.25) is 17.7 Å². The first-order chi connectivity index (χ1) is 37.6. The largest absolute Gasteiger partial charge is 0.391 e. The maximum atomic E-state index is 13.7. The first-order valence-electron chi connectivity index (χ1n) is 28.3. The van der Waals surface area contributed by atoms with Crippen molar-refractivity contribution in [2.45, 2.75) is 151 Å². The Hall–Kier alpha value is -6.48. The molecule has 2 aliphatic heterocycles. The van der Waals surface area contributed by atoms with E-state index in [1.54, 1.807) is 34.8 Å². The second-order valence-electron chi connectivity index (χ2n) is 22.3. The molecule has 6 aromatic rings. The number of aliphatic hydroxyl groups is 1. The van der Waals surface area contributed by atoms with E-state index in [-0.39, 0.29) is 47.8 Å². The van der Waals surface area contributed by atoms with Gasteiger partial charge in [0.05, 0.1) is 27.9 Å². The van der Waals surface area contributed by atoms with E-state index in [1.807, 2.05) is 78.0 Å². The lowest BCUT2D eigenvalue weighted by molar-refractivity contribution is -0.145. The summed E-state index contributed by atoms with van der Waals surface area (Å²) in [5.74, 6) is 0.760. The van der Waals surface area contributed by atoms with Crippen molar-refractivity contribution in [1.82, 2.24) is 40.0 Å². The quantitative estimate of drug-likeness (QED) is 0.0494. The number of hydrogen-bond donors (Lipinski definition) is 2. The molecule has 2 aliphatic rings. The molecule has 0 unspecified atom stereocenters. The molecular weight excluding hydrogens is 993 g/mol. The lowest BCUT2D eigenvalue weighted by Crippen LogP contribution is -2.49. The fraction of sp³-hybridized carbons (Fsp3) is 0.469. The monoisotopic (exact) mass is 1070 g/mol. The summed E-state index contributed by atoms with van der Waals surface area (Å²) in [5, 5.41) is 13.4. The second-order valence-corrected chi connectivity index (χ2v) is 23.1. The number of aryl methyl sites for hydroxylation is 2. The summed E-state index contributed by atoms with van der Waals surface area (Å²) in [6, 6.07) is 27.5. The maximum Gasteiger partial charge on any atom is 0.243 e. The van der Waals surface area contributed by atoms with Crippen molar-refractivity contribution in [1.29, 1.82) is 0 Å². The van der Waals surface area contributed by atoms with Crippen molar-refractivity contribution in [2.24, 2.45) is 11.3 Å². The number of piperazine rings is 1. The summed E-state index contributed by atoms with van der Waals surface area (Å²) < 4.78 is 0. The van der Waals surface area contributed by atoms with Gasteiger partial charge in [0.15, 0.2) is 5.78 Å². The van der Waals surface area contributed by atoms with Crippen LogP contribution in [0.4, 0.5) is 0 Å². The Morgan fingerprint density at radius 3 is 2.19 bits per heavy atom. The van der Waals surface area contributed by atoms with Crippen LogP contribution in [0.15, 0.2) is 109 Å². The van der Waals surface area contributed by atoms with Gasteiger partial charge >= 0.3 is 0 Å². The number of hydrogen-bond acceptors (Lipinski definition) is 11. The number of carbonyl (C=O) groups is 4. The summed E-state index contributed by atoms with van der Waals surface area (Å²) in [7, 11) is 0. The van der Waals surface area contributed by atoms with E-state index < -0.39 is 12.1 Å². The molecule has 3 aromatic carbocycles. The van der Waals surface area contributed by atoms with E-state index in [4.69, 9.17) is 4.98 Å². The number of nitrogens with zero attached hydrogens (tertiary/aromatic N) is 7. The molecule has 5 heterocycles. The fourth-order valence-corrected chi connectivity index (χ4v) is 11.2. The molecule has 414 valence electrons. The number of unbranched alkanes of at least 4 members (excludes halogenated alkanes) is 5. The van der Waals surface area contributed by atoms with Gasteiger partial charge in [0.25, 0.3) is 0 Å². The SMILES string of the molecule is CCCCC(=O)N1CCN(Cc2ccc(C(=O)Cc3ccc(C)c(Cc4nccc(-c5cccnc5)n4)c3)cc2)CC1.CCCCCCC[C@H](C(=O)N1C[C@H](O)C[C@H]1C(=O)NCc1ccc(-c2scnc2C)cc1)C(C)(C)C. The van der Waals surface area contributed by atoms with Crippen LogP contribution < -0.4 is 5.32 Å². The van der Waals surface area contributed by atoms with Crippen LogP contribution in [-0.4, -0.2) is 108 Å². The number of thiazole rings is 1. The van der Waals surface area contributed by atoms with Gasteiger partial charge in [-0.15, -0.1) is 11.3 Å². The van der Waals surface area contributed by atoms with Gasteiger partial charge in [-0.1, -0.05) is 140 Å². The number of ketones is 1. The fourth-order valence-electron chi connectivity index (χ4n) is 10.4. The number of pyridine rings is 1. The number of Topliss-reactive ketones (excluding diaryl/α,β-unsaturated/α-hetero) is 1. The summed E-state index contributed by atoms with van der Waals surface area (Å²) in [5.41, 5.74) is 11.7. The number of carbonyl (C=O) groups excluding carboxylic acids is 4. The van der Waals surface area contributed by atoms with Gasteiger partial charge in [-0.3, -0.25) is 29.1 Å². The second kappa shape index (κ2) is 28.9. The lowest BCUT2D eigenvalue weighted by atomic mass is 9.76. The minimum absolute atomic E-state index is 0.000952. The van der Waals surface area contributed by atoms with Gasteiger partial charge in [-0.25, -0.2) is 15.0 Å². The molecule has 2 fully saturated rings. The summed E-state index contributed by atoms with van der Waals surface area (Å²) in [6.45, 7) is 19.5. The average Bonchev–Trinajstić information content (AvgIpc) is 4.09. The van der Waals surface area contributed by atoms with Crippen LogP contribution in [0.1, 0.15) is 149 Å². The Morgan fingerprint density at radius 2 is 1.51 bits per heavy atom. The van der Waals surface area contributed by atoms with E-state index in [2.05, 4.69) is 91.0 Å². The van der Waals surface area contributed by atoms with E-state index in [9.17, 15) is 24.3 Å². The zero-order chi connectivity index (χ0) is 55.6. The smallest absolute Gasteiger partial charge is 0.243 e. The number of aliphatic hydroxyl groups excluding tert-OH is 1. The van der Waals surface area contributed by atoms with E-state index >= 15 is 0 Å². The highest BCUT2D eigenvalue weighted by atomic mass is 32.1. The molecule has 0 spiro atoms. The molecule has 78 heavy (non-hydrogen) atoms. The predicted molar refractivity (Wildman–Crippen MR) is 312 cm³/mol. The number of aromatic nitrogens is 4. The standard InChI is InChI=1S/C35H39N5O2.C29H43N3O3S/c1-3-4-7-35(42)40-19-17-39(18-20-40)25-27-10-12-29(13-11-27)33(41)22-28-9-8-26(2)31(21-28)23-34-37-16-14-32(38-34)30-6-5-15-36-24-30;1-6-7-8-9-10-11-24(29(3,4)5)28(35)32-18-23(33)16-25(32)27(34)30-17-21-12-14-22(15-13-21)26-20(2)31-19-36-26/h5-6,8-16,21,24H,3-4,7,17-20,22-23,25H2,1-2H3;12-15,19,23-25,33H,6-11,16-18H2,1-5H3,(H,30,34)/t;23-,24-,25+/m.1/s1. The van der Waals surface area contributed by atoms with E-state index in [1.165, 1.54) is 24.8 Å². The highest BCUT2D eigenvalue weighted by Crippen LogP contribution is 2.35. The van der Waals surface area contributed by atoms with Crippen molar-refractivity contribution < 1.29 is 24.3 Å². The molecule has 0 aliphatic carbocycles. The van der Waals surface area contributed by atoms with Crippen LogP contribution in [0.2, 0.25) is 0 Å². The Kier molecular flexibility index (Phi) is 22.0. The van der Waals surface area contributed by atoms with Crippen molar-refractivity contribution in [3.63, 3.8) is 0 Å². The molecule has 14 heteroatoms. The number of amides is 3. The van der Waals surface area contributed by atoms with Crippen molar-refractivity contribution in [3.8, 4) is 21.7 Å². The van der Waals surface area contributed by atoms with E-state index in [0.717, 1.165) is 126 Å². The molecule has 2 saturated heterocycles. The molecule has 8 rings (SSSR count). The maximum absolute atomic E-state index is 13.7. The lowest BCUT2D eigenvalue weighted by Gasteiger charge is -2.35. The first kappa shape index (κ1) is 59.2. The molecule has 3 atom stereocenters. The topological polar surface area (TPSA) is 162 Å².